The molecule has 4 unspecified atom stereocenters. The smallest absolute Gasteiger partial charge is 0.354 e. The van der Waals surface area contributed by atoms with Gasteiger partial charge < -0.3 is 20.4 Å². The Balaban J connectivity index is 1.02. The average Bonchev–Trinajstić information content (AvgIpc) is 2.95. The normalized spacial score (nSPS) is 34.9. The molecule has 226 valence electrons. The van der Waals surface area contributed by atoms with Gasteiger partial charge in [-0.1, -0.05) is 12.5 Å². The topological polar surface area (TPSA) is 72.0 Å². The lowest BCUT2D eigenvalue weighted by molar-refractivity contribution is -0.167. The number of likely N-dealkylation sites (tertiary alicyclic amines) is 1. The average molecular weight is 571 g/mol. The molecule has 4 fully saturated rings. The largest absolute Gasteiger partial charge is 0.457 e. The molecule has 0 spiro atoms. The molecular formula is C29H46F4N6O. The first-order valence-corrected chi connectivity index (χ1v) is 15.4. The molecule has 2 saturated carbocycles. The van der Waals surface area contributed by atoms with Gasteiger partial charge in [-0.2, -0.15) is 13.2 Å². The number of alkyl halides is 4. The summed E-state index contributed by atoms with van der Waals surface area (Å²) in [5.74, 6) is 0.527. The number of carbonyl (C=O) groups excluding carboxylic acids is 1. The number of amidine groups is 1. The summed E-state index contributed by atoms with van der Waals surface area (Å²) in [6.45, 7) is 7.60. The van der Waals surface area contributed by atoms with Gasteiger partial charge in [0.2, 0.25) is 5.91 Å². The number of amides is 1. The molecule has 1 amide bonds. The molecular weight excluding hydrogens is 524 g/mol. The van der Waals surface area contributed by atoms with E-state index in [2.05, 4.69) is 32.6 Å². The molecule has 2 aliphatic carbocycles. The highest BCUT2D eigenvalue weighted by Gasteiger charge is 2.43. The van der Waals surface area contributed by atoms with E-state index in [9.17, 15) is 18.0 Å². The van der Waals surface area contributed by atoms with E-state index in [4.69, 9.17) is 4.99 Å². The number of aliphatic imine (C=N–C) groups is 1. The second-order valence-corrected chi connectivity index (χ2v) is 12.5. The fraction of sp³-hybridized carbons (Fsp3) is 0.862. The minimum absolute atomic E-state index is 0.0613. The quantitative estimate of drug-likeness (QED) is 0.337. The lowest BCUT2D eigenvalue weighted by atomic mass is 9.68. The molecule has 0 bridgehead atoms. The predicted octanol–water partition coefficient (Wildman–Crippen LogP) is 3.48. The summed E-state index contributed by atoms with van der Waals surface area (Å²) < 4.78 is 53.6. The van der Waals surface area contributed by atoms with Crippen molar-refractivity contribution in [1.29, 1.82) is 0 Å². The van der Waals surface area contributed by atoms with Crippen LogP contribution in [0.2, 0.25) is 0 Å². The van der Waals surface area contributed by atoms with Gasteiger partial charge in [-0.15, -0.1) is 0 Å². The molecule has 5 aliphatic rings. The zero-order valence-electron chi connectivity index (χ0n) is 23.5. The fourth-order valence-electron chi connectivity index (χ4n) is 7.55. The number of carbonyl (C=O) groups is 1. The third-order valence-corrected chi connectivity index (χ3v) is 9.80. The van der Waals surface area contributed by atoms with E-state index in [1.807, 2.05) is 0 Å². The highest BCUT2D eigenvalue weighted by atomic mass is 19.4. The maximum Gasteiger partial charge on any atom is 0.457 e. The van der Waals surface area contributed by atoms with Gasteiger partial charge in [0.1, 0.15) is 12.0 Å². The van der Waals surface area contributed by atoms with Crippen molar-refractivity contribution in [2.24, 2.45) is 28.7 Å². The zero-order valence-corrected chi connectivity index (χ0v) is 23.5. The number of nitrogens with zero attached hydrogens (tertiary/aromatic N) is 3. The van der Waals surface area contributed by atoms with Crippen molar-refractivity contribution in [3.05, 3.63) is 12.2 Å². The molecule has 0 aromatic rings. The number of hydrogen-bond acceptors (Lipinski definition) is 6. The first kappa shape index (κ1) is 29.8. The Morgan fingerprint density at radius 3 is 2.35 bits per heavy atom. The second kappa shape index (κ2) is 13.5. The van der Waals surface area contributed by atoms with E-state index in [-0.39, 0.29) is 23.8 Å². The summed E-state index contributed by atoms with van der Waals surface area (Å²) in [6.07, 6.45) is 4.66. The van der Waals surface area contributed by atoms with Gasteiger partial charge in [0.25, 0.3) is 0 Å². The molecule has 3 aliphatic heterocycles. The summed E-state index contributed by atoms with van der Waals surface area (Å²) >= 11 is 0. The van der Waals surface area contributed by atoms with Gasteiger partial charge in [0, 0.05) is 70.4 Å². The van der Waals surface area contributed by atoms with Gasteiger partial charge in [0.05, 0.1) is 5.92 Å². The van der Waals surface area contributed by atoms with Gasteiger partial charge in [-0.05, 0) is 69.3 Å². The van der Waals surface area contributed by atoms with Crippen LogP contribution in [0.1, 0.15) is 57.8 Å². The van der Waals surface area contributed by atoms with Crippen molar-refractivity contribution in [3.8, 4) is 0 Å². The SMILES string of the molecule is O=C(NC1CCN(CC2C=CC(N3CCNCC3)=NC2)CC1)C1CCCC(C2CCC(NC(F)(F)F)CC2)C1F. The maximum absolute atomic E-state index is 15.7. The molecule has 3 heterocycles. The molecule has 3 N–H and O–H groups in total. The van der Waals surface area contributed by atoms with Crippen LogP contribution in [0.15, 0.2) is 17.1 Å². The summed E-state index contributed by atoms with van der Waals surface area (Å²) in [4.78, 5) is 22.8. The molecule has 0 aromatic heterocycles. The molecule has 5 rings (SSSR count). The van der Waals surface area contributed by atoms with Crippen molar-refractivity contribution >= 4 is 11.7 Å². The Morgan fingerprint density at radius 2 is 1.70 bits per heavy atom. The van der Waals surface area contributed by atoms with E-state index >= 15 is 4.39 Å². The molecule has 0 aromatic carbocycles. The van der Waals surface area contributed by atoms with Gasteiger partial charge in [-0.3, -0.25) is 9.79 Å². The van der Waals surface area contributed by atoms with E-state index in [0.717, 1.165) is 83.9 Å². The Labute approximate surface area is 235 Å². The first-order valence-electron chi connectivity index (χ1n) is 15.4. The number of hydrogen-bond donors (Lipinski definition) is 3. The van der Waals surface area contributed by atoms with Crippen LogP contribution in [0, 0.1) is 23.7 Å². The van der Waals surface area contributed by atoms with Gasteiger partial charge >= 0.3 is 6.30 Å². The Kier molecular flexibility index (Phi) is 10.0. The van der Waals surface area contributed by atoms with E-state index < -0.39 is 24.4 Å². The lowest BCUT2D eigenvalue weighted by Gasteiger charge is -2.41. The van der Waals surface area contributed by atoms with Crippen molar-refractivity contribution in [1.82, 2.24) is 25.8 Å². The van der Waals surface area contributed by atoms with Crippen molar-refractivity contribution < 1.29 is 22.4 Å². The van der Waals surface area contributed by atoms with E-state index in [1.165, 1.54) is 0 Å². The van der Waals surface area contributed by atoms with Crippen LogP contribution in [0.25, 0.3) is 0 Å². The molecule has 0 radical (unpaired) electrons. The zero-order chi connectivity index (χ0) is 28.1. The molecule has 7 nitrogen and oxygen atoms in total. The summed E-state index contributed by atoms with van der Waals surface area (Å²) in [5.41, 5.74) is 0. The number of rotatable bonds is 6. The Bertz CT molecular complexity index is 891. The maximum atomic E-state index is 15.7. The number of nitrogens with one attached hydrogen (secondary N) is 3. The molecule has 40 heavy (non-hydrogen) atoms. The fourth-order valence-corrected chi connectivity index (χ4v) is 7.55. The highest BCUT2D eigenvalue weighted by Crippen LogP contribution is 2.42. The van der Waals surface area contributed by atoms with Crippen molar-refractivity contribution in [3.63, 3.8) is 0 Å². The number of dihydropyridines is 1. The third kappa shape index (κ3) is 7.97. The predicted molar refractivity (Wildman–Crippen MR) is 148 cm³/mol. The van der Waals surface area contributed by atoms with E-state index in [1.54, 1.807) is 5.32 Å². The van der Waals surface area contributed by atoms with Crippen LogP contribution in [-0.4, -0.2) is 98.5 Å². The summed E-state index contributed by atoms with van der Waals surface area (Å²) in [5, 5.41) is 8.26. The van der Waals surface area contributed by atoms with Crippen LogP contribution in [-0.2, 0) is 4.79 Å². The minimum atomic E-state index is -4.37. The van der Waals surface area contributed by atoms with Crippen LogP contribution in [0.5, 0.6) is 0 Å². The van der Waals surface area contributed by atoms with E-state index in [0.29, 0.717) is 38.0 Å². The second-order valence-electron chi connectivity index (χ2n) is 12.5. The van der Waals surface area contributed by atoms with Crippen molar-refractivity contribution in [2.45, 2.75) is 82.3 Å². The summed E-state index contributed by atoms with van der Waals surface area (Å²) in [7, 11) is 0. The van der Waals surface area contributed by atoms with Crippen LogP contribution in [0.3, 0.4) is 0 Å². The molecule has 4 atom stereocenters. The lowest BCUT2D eigenvalue weighted by Crippen LogP contribution is -2.50. The highest BCUT2D eigenvalue weighted by molar-refractivity contribution is 5.93. The van der Waals surface area contributed by atoms with Crippen molar-refractivity contribution in [2.75, 3.05) is 52.4 Å². The number of piperazine rings is 1. The van der Waals surface area contributed by atoms with Crippen LogP contribution < -0.4 is 16.0 Å². The molecule has 11 heteroatoms. The van der Waals surface area contributed by atoms with Gasteiger partial charge in [0.15, 0.2) is 0 Å². The van der Waals surface area contributed by atoms with Crippen LogP contribution >= 0.6 is 0 Å². The Hall–Kier alpha value is -1.72. The standard InChI is InChI=1S/C29H46F4N6O/c30-27-24(21-5-7-23(8-6-21)37-29(31,32)33)2-1-3-25(27)28(40)36-22-10-14-38(15-11-22)19-20-4-9-26(35-18-20)39-16-12-34-13-17-39/h4,9,20-25,27,34,37H,1-3,5-8,10-19H2,(H,36,40). The number of halogens is 4. The monoisotopic (exact) mass is 570 g/mol. The van der Waals surface area contributed by atoms with Crippen LogP contribution in [0.4, 0.5) is 17.6 Å². The minimum Gasteiger partial charge on any atom is -0.354 e. The Morgan fingerprint density at radius 1 is 0.975 bits per heavy atom. The summed E-state index contributed by atoms with van der Waals surface area (Å²) in [6, 6.07) is -0.515. The third-order valence-electron chi connectivity index (χ3n) is 9.80. The molecule has 2 saturated heterocycles. The first-order chi connectivity index (χ1) is 19.2. The van der Waals surface area contributed by atoms with Gasteiger partial charge in [-0.25, -0.2) is 9.71 Å². The number of piperidine rings is 1.